The van der Waals surface area contributed by atoms with Crippen molar-refractivity contribution >= 4 is 23.2 Å². The van der Waals surface area contributed by atoms with E-state index in [0.29, 0.717) is 11.5 Å². The van der Waals surface area contributed by atoms with E-state index in [9.17, 15) is 0 Å². The van der Waals surface area contributed by atoms with Gasteiger partial charge in [0.05, 0.1) is 0 Å². The molecular formula is C8H8Cl2O2. The van der Waals surface area contributed by atoms with Crippen molar-refractivity contribution in [2.45, 2.75) is 0 Å². The molecule has 0 heterocycles. The lowest BCUT2D eigenvalue weighted by atomic mass is 10.3. The van der Waals surface area contributed by atoms with Gasteiger partial charge in [-0.25, -0.2) is 0 Å². The minimum Gasteiger partial charge on any atom is -0.478 e. The van der Waals surface area contributed by atoms with Gasteiger partial charge in [-0.3, -0.25) is 0 Å². The predicted octanol–water partition coefficient (Wildman–Crippen LogP) is 2.84. The van der Waals surface area contributed by atoms with Crippen molar-refractivity contribution in [3.8, 4) is 11.5 Å². The van der Waals surface area contributed by atoms with Gasteiger partial charge in [-0.1, -0.05) is 29.3 Å². The first-order valence-corrected chi connectivity index (χ1v) is 4.41. The highest BCUT2D eigenvalue weighted by molar-refractivity contribution is 6.17. The smallest absolute Gasteiger partial charge is 0.162 e. The second-order valence-corrected chi connectivity index (χ2v) is 2.42. The topological polar surface area (TPSA) is 18.5 Å². The van der Waals surface area contributed by atoms with E-state index in [1.165, 1.54) is 0 Å². The van der Waals surface area contributed by atoms with Crippen molar-refractivity contribution in [1.29, 1.82) is 0 Å². The summed E-state index contributed by atoms with van der Waals surface area (Å²) in [5.74, 6) is 1.35. The first-order chi connectivity index (χ1) is 5.86. The van der Waals surface area contributed by atoms with E-state index < -0.39 is 0 Å². The van der Waals surface area contributed by atoms with Crippen molar-refractivity contribution in [2.24, 2.45) is 0 Å². The van der Waals surface area contributed by atoms with Gasteiger partial charge in [0.15, 0.2) is 12.1 Å². The van der Waals surface area contributed by atoms with Crippen LogP contribution in [-0.2, 0) is 0 Å². The van der Waals surface area contributed by atoms with Crippen LogP contribution in [0.1, 0.15) is 0 Å². The van der Waals surface area contributed by atoms with Crippen molar-refractivity contribution in [3.63, 3.8) is 0 Å². The Hall–Kier alpha value is -0.600. The minimum atomic E-state index is 0.129. The number of hydrogen-bond donors (Lipinski definition) is 0. The summed E-state index contributed by atoms with van der Waals surface area (Å²) in [5.41, 5.74) is 0. The van der Waals surface area contributed by atoms with Gasteiger partial charge in [-0.15, -0.1) is 0 Å². The van der Waals surface area contributed by atoms with E-state index >= 15 is 0 Å². The molecule has 66 valence electrons. The molecular weight excluding hydrogens is 199 g/mol. The van der Waals surface area contributed by atoms with E-state index in [2.05, 4.69) is 0 Å². The molecule has 1 aromatic carbocycles. The van der Waals surface area contributed by atoms with Crippen LogP contribution in [0.2, 0.25) is 0 Å². The van der Waals surface area contributed by atoms with Gasteiger partial charge >= 0.3 is 0 Å². The zero-order valence-electron chi connectivity index (χ0n) is 6.30. The Kier molecular flexibility index (Phi) is 4.05. The Bertz CT molecular complexity index is 219. The van der Waals surface area contributed by atoms with Gasteiger partial charge in [-0.2, -0.15) is 0 Å². The Morgan fingerprint density at radius 2 is 1.50 bits per heavy atom. The molecule has 0 saturated carbocycles. The summed E-state index contributed by atoms with van der Waals surface area (Å²) in [7, 11) is 0. The van der Waals surface area contributed by atoms with Crippen molar-refractivity contribution in [2.75, 3.05) is 12.1 Å². The number of ether oxygens (including phenoxy) is 2. The molecule has 0 bridgehead atoms. The van der Waals surface area contributed by atoms with Gasteiger partial charge in [0, 0.05) is 6.07 Å². The molecule has 0 radical (unpaired) electrons. The van der Waals surface area contributed by atoms with E-state index in [-0.39, 0.29) is 12.1 Å². The number of rotatable bonds is 4. The van der Waals surface area contributed by atoms with Crippen LogP contribution in [0.3, 0.4) is 0 Å². The van der Waals surface area contributed by atoms with E-state index in [1.807, 2.05) is 6.07 Å². The van der Waals surface area contributed by atoms with Crippen LogP contribution in [0, 0.1) is 0 Å². The van der Waals surface area contributed by atoms with E-state index in [4.69, 9.17) is 32.7 Å². The summed E-state index contributed by atoms with van der Waals surface area (Å²) in [5, 5.41) is 0. The predicted molar refractivity (Wildman–Crippen MR) is 49.1 cm³/mol. The summed E-state index contributed by atoms with van der Waals surface area (Å²) >= 11 is 10.8. The molecule has 0 aliphatic carbocycles. The van der Waals surface area contributed by atoms with Gasteiger partial charge in [0.2, 0.25) is 0 Å². The van der Waals surface area contributed by atoms with Crippen LogP contribution in [0.25, 0.3) is 0 Å². The third-order valence-electron chi connectivity index (χ3n) is 1.25. The molecule has 0 fully saturated rings. The Morgan fingerprint density at radius 3 is 1.92 bits per heavy atom. The molecule has 0 aromatic heterocycles. The van der Waals surface area contributed by atoms with Crippen LogP contribution < -0.4 is 9.47 Å². The third-order valence-corrected chi connectivity index (χ3v) is 1.47. The first kappa shape index (κ1) is 9.49. The Balaban J connectivity index is 2.67. The highest BCUT2D eigenvalue weighted by atomic mass is 35.5. The maximum Gasteiger partial charge on any atom is 0.162 e. The van der Waals surface area contributed by atoms with E-state index in [0.717, 1.165) is 0 Å². The van der Waals surface area contributed by atoms with Gasteiger partial charge in [-0.05, 0) is 12.1 Å². The van der Waals surface area contributed by atoms with Gasteiger partial charge < -0.3 is 9.47 Å². The SMILES string of the molecule is ClCOc1cccc(OCCl)c1. The maximum atomic E-state index is 5.38. The van der Waals surface area contributed by atoms with Crippen LogP contribution in [-0.4, -0.2) is 12.1 Å². The fraction of sp³-hybridized carbons (Fsp3) is 0.250. The fourth-order valence-corrected chi connectivity index (χ4v) is 1.03. The maximum absolute atomic E-state index is 5.38. The summed E-state index contributed by atoms with van der Waals surface area (Å²) < 4.78 is 10.1. The molecule has 0 unspecified atom stereocenters. The average Bonchev–Trinajstić information content (AvgIpc) is 2.06. The average molecular weight is 207 g/mol. The van der Waals surface area contributed by atoms with Crippen LogP contribution >= 0.6 is 23.2 Å². The van der Waals surface area contributed by atoms with Crippen molar-refractivity contribution in [1.82, 2.24) is 0 Å². The molecule has 0 aliphatic rings. The molecule has 0 saturated heterocycles. The highest BCUT2D eigenvalue weighted by Crippen LogP contribution is 2.19. The zero-order chi connectivity index (χ0) is 8.81. The fourth-order valence-electron chi connectivity index (χ4n) is 0.780. The quantitative estimate of drug-likeness (QED) is 0.706. The molecule has 0 amide bonds. The van der Waals surface area contributed by atoms with E-state index in [1.54, 1.807) is 18.2 Å². The Labute approximate surface area is 81.0 Å². The molecule has 1 aromatic rings. The van der Waals surface area contributed by atoms with Crippen LogP contribution in [0.5, 0.6) is 11.5 Å². The molecule has 12 heavy (non-hydrogen) atoms. The lowest BCUT2D eigenvalue weighted by Gasteiger charge is -2.04. The Morgan fingerprint density at radius 1 is 1.00 bits per heavy atom. The summed E-state index contributed by atoms with van der Waals surface area (Å²) in [6, 6.07) is 7.39. The number of halogens is 2. The molecule has 0 aliphatic heterocycles. The zero-order valence-corrected chi connectivity index (χ0v) is 7.81. The van der Waals surface area contributed by atoms with Crippen molar-refractivity contribution < 1.29 is 9.47 Å². The second-order valence-electron chi connectivity index (χ2n) is 1.98. The first-order valence-electron chi connectivity index (χ1n) is 3.34. The standard InChI is InChI=1S/C8H8Cl2O2/c9-5-11-7-2-1-3-8(4-7)12-6-10/h1-4H,5-6H2. The molecule has 4 heteroatoms. The van der Waals surface area contributed by atoms with Crippen LogP contribution in [0.4, 0.5) is 0 Å². The van der Waals surface area contributed by atoms with Gasteiger partial charge in [0.1, 0.15) is 11.5 Å². The summed E-state index contributed by atoms with van der Waals surface area (Å²) in [6.45, 7) is 0. The largest absolute Gasteiger partial charge is 0.478 e. The lowest BCUT2D eigenvalue weighted by Crippen LogP contribution is -1.91. The minimum absolute atomic E-state index is 0.129. The van der Waals surface area contributed by atoms with Gasteiger partial charge in [0.25, 0.3) is 0 Å². The molecule has 1 rings (SSSR count). The molecule has 0 spiro atoms. The third kappa shape index (κ3) is 2.80. The number of alkyl halides is 2. The second kappa shape index (κ2) is 5.12. The normalized spacial score (nSPS) is 9.50. The van der Waals surface area contributed by atoms with Crippen molar-refractivity contribution in [3.05, 3.63) is 24.3 Å². The number of hydrogen-bond acceptors (Lipinski definition) is 2. The highest BCUT2D eigenvalue weighted by Gasteiger charge is 1.95. The number of benzene rings is 1. The monoisotopic (exact) mass is 206 g/mol. The molecule has 2 nitrogen and oxygen atoms in total. The summed E-state index contributed by atoms with van der Waals surface area (Å²) in [4.78, 5) is 0. The molecule has 0 N–H and O–H groups in total. The lowest BCUT2D eigenvalue weighted by molar-refractivity contribution is 0.368. The molecule has 0 atom stereocenters. The van der Waals surface area contributed by atoms with Crippen LogP contribution in [0.15, 0.2) is 24.3 Å². The summed E-state index contributed by atoms with van der Waals surface area (Å²) in [6.07, 6.45) is 0.